The third kappa shape index (κ3) is 3.97. The van der Waals surface area contributed by atoms with Crippen molar-refractivity contribution in [2.75, 3.05) is 19.6 Å². The predicted molar refractivity (Wildman–Crippen MR) is 125 cm³/mol. The first kappa shape index (κ1) is 21.6. The zero-order chi connectivity index (χ0) is 22.3. The molecule has 7 nitrogen and oxygen atoms in total. The molecule has 0 bridgehead atoms. The molecule has 4 heterocycles. The number of fused-ring (bicyclic) bond motifs is 2. The summed E-state index contributed by atoms with van der Waals surface area (Å²) in [5.41, 5.74) is 2.81. The lowest BCUT2D eigenvalue weighted by Crippen LogP contribution is -2.35. The van der Waals surface area contributed by atoms with E-state index in [1.165, 1.54) is 10.4 Å². The van der Waals surface area contributed by atoms with Crippen molar-refractivity contribution >= 4 is 38.3 Å². The maximum absolute atomic E-state index is 13.0. The van der Waals surface area contributed by atoms with Gasteiger partial charge in [-0.05, 0) is 54.5 Å². The molecule has 0 unspecified atom stereocenters. The van der Waals surface area contributed by atoms with Crippen molar-refractivity contribution < 1.29 is 13.2 Å². The van der Waals surface area contributed by atoms with E-state index in [4.69, 9.17) is 0 Å². The van der Waals surface area contributed by atoms with Crippen LogP contribution in [-0.4, -0.2) is 52.7 Å². The van der Waals surface area contributed by atoms with Crippen molar-refractivity contribution in [3.05, 3.63) is 45.9 Å². The van der Waals surface area contributed by atoms with Gasteiger partial charge in [0.25, 0.3) is 0 Å². The fourth-order valence-electron chi connectivity index (χ4n) is 4.71. The van der Waals surface area contributed by atoms with Crippen molar-refractivity contribution in [2.45, 2.75) is 50.0 Å². The second kappa shape index (κ2) is 8.61. The number of hydrogen-bond donors (Lipinski definition) is 0. The van der Waals surface area contributed by atoms with Gasteiger partial charge < -0.3 is 9.47 Å². The van der Waals surface area contributed by atoms with Crippen LogP contribution < -0.4 is 0 Å². The third-order valence-electron chi connectivity index (χ3n) is 6.62. The number of hydrogen-bond acceptors (Lipinski definition) is 5. The molecule has 1 amide bonds. The Morgan fingerprint density at radius 3 is 2.75 bits per heavy atom. The van der Waals surface area contributed by atoms with Gasteiger partial charge in [-0.3, -0.25) is 4.79 Å². The van der Waals surface area contributed by atoms with E-state index in [1.807, 2.05) is 22.6 Å². The molecule has 2 aliphatic heterocycles. The van der Waals surface area contributed by atoms with Crippen LogP contribution in [0, 0.1) is 0 Å². The van der Waals surface area contributed by atoms with Gasteiger partial charge in [0, 0.05) is 50.9 Å². The SMILES string of the molecule is Cn1c(CCC(=O)N2CCc3sccc3C2)nc2cc(S(=O)(=O)N3CCCCC3)ccc21. The third-order valence-corrected chi connectivity index (χ3v) is 9.54. The van der Waals surface area contributed by atoms with E-state index >= 15 is 0 Å². The van der Waals surface area contributed by atoms with Gasteiger partial charge in [0.05, 0.1) is 15.9 Å². The zero-order valence-electron chi connectivity index (χ0n) is 18.3. The van der Waals surface area contributed by atoms with Crippen LogP contribution >= 0.6 is 11.3 Å². The molecule has 0 saturated carbocycles. The van der Waals surface area contributed by atoms with Crippen LogP contribution in [0.2, 0.25) is 0 Å². The first-order valence-corrected chi connectivity index (χ1v) is 13.5. The van der Waals surface area contributed by atoms with Gasteiger partial charge >= 0.3 is 0 Å². The average molecular weight is 473 g/mol. The summed E-state index contributed by atoms with van der Waals surface area (Å²) >= 11 is 1.77. The lowest BCUT2D eigenvalue weighted by molar-refractivity contribution is -0.132. The number of amides is 1. The maximum Gasteiger partial charge on any atom is 0.243 e. The number of carbonyl (C=O) groups excluding carboxylic acids is 1. The summed E-state index contributed by atoms with van der Waals surface area (Å²) in [6.07, 6.45) is 4.77. The molecule has 0 aliphatic carbocycles. The second-order valence-corrected chi connectivity index (χ2v) is 11.6. The van der Waals surface area contributed by atoms with Crippen LogP contribution in [0.1, 0.15) is 41.9 Å². The van der Waals surface area contributed by atoms with Crippen molar-refractivity contribution in [1.29, 1.82) is 0 Å². The maximum atomic E-state index is 13.0. The quantitative estimate of drug-likeness (QED) is 0.571. The minimum Gasteiger partial charge on any atom is -0.338 e. The van der Waals surface area contributed by atoms with E-state index < -0.39 is 10.0 Å². The summed E-state index contributed by atoms with van der Waals surface area (Å²) in [6.45, 7) is 2.63. The summed E-state index contributed by atoms with van der Waals surface area (Å²) in [5.74, 6) is 0.941. The van der Waals surface area contributed by atoms with E-state index in [2.05, 4.69) is 16.4 Å². The number of piperidine rings is 1. The van der Waals surface area contributed by atoms with Crippen LogP contribution in [0.15, 0.2) is 34.5 Å². The van der Waals surface area contributed by atoms with E-state index in [0.29, 0.717) is 42.9 Å². The molecule has 0 N–H and O–H groups in total. The summed E-state index contributed by atoms with van der Waals surface area (Å²) < 4.78 is 29.6. The second-order valence-electron chi connectivity index (χ2n) is 8.64. The number of nitrogens with zero attached hydrogens (tertiary/aromatic N) is 4. The minimum atomic E-state index is -3.49. The Morgan fingerprint density at radius 2 is 1.94 bits per heavy atom. The number of sulfonamides is 1. The number of thiophene rings is 1. The van der Waals surface area contributed by atoms with Gasteiger partial charge in [0.1, 0.15) is 5.82 Å². The van der Waals surface area contributed by atoms with Gasteiger partial charge in [-0.1, -0.05) is 6.42 Å². The fraction of sp³-hybridized carbons (Fsp3) is 0.478. The Morgan fingerprint density at radius 1 is 1.12 bits per heavy atom. The summed E-state index contributed by atoms with van der Waals surface area (Å²) in [4.78, 5) is 21.1. The van der Waals surface area contributed by atoms with E-state index in [-0.39, 0.29) is 5.91 Å². The number of aromatic nitrogens is 2. The smallest absolute Gasteiger partial charge is 0.243 e. The predicted octanol–water partition coefficient (Wildman–Crippen LogP) is 3.33. The Hall–Kier alpha value is -2.23. The Labute approximate surface area is 192 Å². The highest BCUT2D eigenvalue weighted by atomic mass is 32.2. The molecule has 0 atom stereocenters. The molecule has 1 fully saturated rings. The van der Waals surface area contributed by atoms with E-state index in [9.17, 15) is 13.2 Å². The van der Waals surface area contributed by atoms with Crippen LogP contribution in [0.25, 0.3) is 11.0 Å². The first-order valence-electron chi connectivity index (χ1n) is 11.2. The number of carbonyl (C=O) groups is 1. The molecule has 1 saturated heterocycles. The van der Waals surface area contributed by atoms with Crippen molar-refractivity contribution in [1.82, 2.24) is 18.8 Å². The fourth-order valence-corrected chi connectivity index (χ4v) is 7.13. The Kier molecular flexibility index (Phi) is 5.81. The topological polar surface area (TPSA) is 75.5 Å². The standard InChI is InChI=1S/C23H28N4O3S2/c1-25-20-6-5-18(32(29,30)27-11-3-2-4-12-27)15-19(20)24-22(25)7-8-23(28)26-13-9-21-17(16-26)10-14-31-21/h5-6,10,14-15H,2-4,7-9,11-13,16H2,1H3. The lowest BCUT2D eigenvalue weighted by atomic mass is 10.1. The zero-order valence-corrected chi connectivity index (χ0v) is 19.9. The lowest BCUT2D eigenvalue weighted by Gasteiger charge is -2.27. The highest BCUT2D eigenvalue weighted by molar-refractivity contribution is 7.89. The largest absolute Gasteiger partial charge is 0.338 e. The molecule has 5 rings (SSSR count). The average Bonchev–Trinajstić information content (AvgIpc) is 3.41. The normalized spacial score (nSPS) is 17.6. The Bertz CT molecular complexity index is 1260. The van der Waals surface area contributed by atoms with Crippen LogP contribution in [0.3, 0.4) is 0 Å². The van der Waals surface area contributed by atoms with Gasteiger partial charge in [0.15, 0.2) is 0 Å². The Balaban J connectivity index is 1.31. The summed E-state index contributed by atoms with van der Waals surface area (Å²) in [7, 11) is -1.57. The molecule has 2 aromatic heterocycles. The van der Waals surface area contributed by atoms with Crippen LogP contribution in [0.5, 0.6) is 0 Å². The summed E-state index contributed by atoms with van der Waals surface area (Å²) in [6, 6.07) is 7.29. The molecule has 32 heavy (non-hydrogen) atoms. The van der Waals surface area contributed by atoms with E-state index in [1.54, 1.807) is 27.8 Å². The number of aryl methyl sites for hydroxylation is 2. The summed E-state index contributed by atoms with van der Waals surface area (Å²) in [5, 5.41) is 2.10. The van der Waals surface area contributed by atoms with Gasteiger partial charge in [-0.2, -0.15) is 4.31 Å². The molecule has 9 heteroatoms. The minimum absolute atomic E-state index is 0.141. The molecule has 0 radical (unpaired) electrons. The molecular weight excluding hydrogens is 444 g/mol. The highest BCUT2D eigenvalue weighted by Gasteiger charge is 2.27. The molecule has 3 aromatic rings. The van der Waals surface area contributed by atoms with Gasteiger partial charge in [-0.15, -0.1) is 11.3 Å². The molecule has 170 valence electrons. The molecular formula is C23H28N4O3S2. The number of benzene rings is 1. The van der Waals surface area contributed by atoms with E-state index in [0.717, 1.165) is 43.6 Å². The first-order chi connectivity index (χ1) is 15.4. The van der Waals surface area contributed by atoms with Gasteiger partial charge in [-0.25, -0.2) is 13.4 Å². The van der Waals surface area contributed by atoms with Crippen molar-refractivity contribution in [3.63, 3.8) is 0 Å². The number of imidazole rings is 1. The monoisotopic (exact) mass is 472 g/mol. The van der Waals surface area contributed by atoms with Crippen LogP contribution in [-0.2, 0) is 41.3 Å². The van der Waals surface area contributed by atoms with Gasteiger partial charge in [0.2, 0.25) is 15.9 Å². The number of rotatable bonds is 5. The van der Waals surface area contributed by atoms with Crippen molar-refractivity contribution in [3.8, 4) is 0 Å². The molecule has 1 aromatic carbocycles. The van der Waals surface area contributed by atoms with Crippen LogP contribution in [0.4, 0.5) is 0 Å². The highest BCUT2D eigenvalue weighted by Crippen LogP contribution is 2.26. The molecule has 0 spiro atoms. The van der Waals surface area contributed by atoms with Crippen molar-refractivity contribution in [2.24, 2.45) is 7.05 Å². The molecule has 2 aliphatic rings.